The minimum Gasteiger partial charge on any atom is -0.497 e. The highest BCUT2D eigenvalue weighted by Gasteiger charge is 2.16. The third-order valence-corrected chi connectivity index (χ3v) is 4.53. The maximum Gasteiger partial charge on any atom is 0.321 e. The van der Waals surface area contributed by atoms with Gasteiger partial charge in [0.1, 0.15) is 10.8 Å². The number of hydrogen-bond acceptors (Lipinski definition) is 6. The second kappa shape index (κ2) is 8.07. The molecule has 24 heavy (non-hydrogen) atoms. The third-order valence-electron chi connectivity index (χ3n) is 3.69. The van der Waals surface area contributed by atoms with Gasteiger partial charge in [0.25, 0.3) is 0 Å². The maximum absolute atomic E-state index is 11.9. The van der Waals surface area contributed by atoms with Crippen molar-refractivity contribution in [2.24, 2.45) is 0 Å². The lowest BCUT2D eigenvalue weighted by atomic mass is 10.1. The largest absolute Gasteiger partial charge is 0.497 e. The average Bonchev–Trinajstić information content (AvgIpc) is 3.25. The molecule has 1 aromatic carbocycles. The standard InChI is InChI=1S/C16H20N4O3S/c1-22-12-5-2-4-11(8-12)9-14-19-20-16(24-14)18-15(21)17-10-13-6-3-7-23-13/h2,4-5,8,13H,3,6-7,9-10H2,1H3,(H2,17,18,20,21)/t13-/m0/s1. The van der Waals surface area contributed by atoms with E-state index in [-0.39, 0.29) is 12.1 Å². The summed E-state index contributed by atoms with van der Waals surface area (Å²) in [5.74, 6) is 0.809. The molecule has 0 bridgehead atoms. The molecule has 0 spiro atoms. The topological polar surface area (TPSA) is 85.4 Å². The summed E-state index contributed by atoms with van der Waals surface area (Å²) in [5.41, 5.74) is 1.08. The van der Waals surface area contributed by atoms with Crippen LogP contribution in [0.5, 0.6) is 5.75 Å². The molecule has 1 fully saturated rings. The summed E-state index contributed by atoms with van der Waals surface area (Å²) in [5, 5.41) is 14.9. The number of benzene rings is 1. The summed E-state index contributed by atoms with van der Waals surface area (Å²) < 4.78 is 10.7. The molecule has 2 N–H and O–H groups in total. The molecule has 1 aliphatic rings. The van der Waals surface area contributed by atoms with Crippen LogP contribution in [0.15, 0.2) is 24.3 Å². The van der Waals surface area contributed by atoms with E-state index in [2.05, 4.69) is 20.8 Å². The lowest BCUT2D eigenvalue weighted by molar-refractivity contribution is 0.112. The van der Waals surface area contributed by atoms with Gasteiger partial charge in [0.2, 0.25) is 5.13 Å². The molecule has 1 aliphatic heterocycles. The van der Waals surface area contributed by atoms with Gasteiger partial charge in [-0.15, -0.1) is 10.2 Å². The SMILES string of the molecule is COc1cccc(Cc2nnc(NC(=O)NC[C@@H]3CCCO3)s2)c1. The molecule has 0 saturated carbocycles. The van der Waals surface area contributed by atoms with Crippen LogP contribution in [0.2, 0.25) is 0 Å². The minimum absolute atomic E-state index is 0.119. The molecule has 1 aromatic heterocycles. The lowest BCUT2D eigenvalue weighted by Gasteiger charge is -2.10. The molecule has 2 amide bonds. The molecule has 0 aliphatic carbocycles. The van der Waals surface area contributed by atoms with Gasteiger partial charge >= 0.3 is 6.03 Å². The zero-order valence-corrected chi connectivity index (χ0v) is 14.3. The smallest absolute Gasteiger partial charge is 0.321 e. The van der Waals surface area contributed by atoms with Crippen molar-refractivity contribution in [2.45, 2.75) is 25.4 Å². The highest BCUT2D eigenvalue weighted by Crippen LogP contribution is 2.20. The van der Waals surface area contributed by atoms with Crippen LogP contribution in [-0.2, 0) is 11.2 Å². The number of hydrogen-bond donors (Lipinski definition) is 2. The van der Waals surface area contributed by atoms with Crippen molar-refractivity contribution >= 4 is 22.5 Å². The average molecular weight is 348 g/mol. The number of carbonyl (C=O) groups excluding carboxylic acids is 1. The van der Waals surface area contributed by atoms with E-state index >= 15 is 0 Å². The summed E-state index contributed by atoms with van der Waals surface area (Å²) in [6.45, 7) is 1.29. The zero-order chi connectivity index (χ0) is 16.8. The fourth-order valence-corrected chi connectivity index (χ4v) is 3.25. The van der Waals surface area contributed by atoms with Crippen molar-refractivity contribution in [3.8, 4) is 5.75 Å². The first-order valence-corrected chi connectivity index (χ1v) is 8.66. The monoisotopic (exact) mass is 348 g/mol. The van der Waals surface area contributed by atoms with Crippen molar-refractivity contribution in [3.63, 3.8) is 0 Å². The predicted octanol–water partition coefficient (Wildman–Crippen LogP) is 2.44. The summed E-state index contributed by atoms with van der Waals surface area (Å²) in [6.07, 6.45) is 2.81. The number of urea groups is 1. The molecule has 3 rings (SSSR count). The van der Waals surface area contributed by atoms with Crippen molar-refractivity contribution < 1.29 is 14.3 Å². The van der Waals surface area contributed by atoms with Crippen LogP contribution < -0.4 is 15.4 Å². The van der Waals surface area contributed by atoms with E-state index in [0.717, 1.165) is 35.8 Å². The van der Waals surface area contributed by atoms with E-state index in [1.165, 1.54) is 11.3 Å². The second-order valence-corrected chi connectivity index (χ2v) is 6.56. The Morgan fingerprint density at radius 1 is 1.46 bits per heavy atom. The van der Waals surface area contributed by atoms with E-state index in [1.54, 1.807) is 7.11 Å². The van der Waals surface area contributed by atoms with E-state index < -0.39 is 0 Å². The van der Waals surface area contributed by atoms with Crippen LogP contribution in [0.4, 0.5) is 9.93 Å². The Hall–Kier alpha value is -2.19. The number of anilines is 1. The van der Waals surface area contributed by atoms with Crippen molar-refractivity contribution in [3.05, 3.63) is 34.8 Å². The van der Waals surface area contributed by atoms with Crippen LogP contribution in [0.3, 0.4) is 0 Å². The van der Waals surface area contributed by atoms with Crippen LogP contribution in [0, 0.1) is 0 Å². The Labute approximate surface area is 144 Å². The molecule has 7 nitrogen and oxygen atoms in total. The van der Waals surface area contributed by atoms with E-state index in [4.69, 9.17) is 9.47 Å². The fraction of sp³-hybridized carbons (Fsp3) is 0.438. The molecular weight excluding hydrogens is 328 g/mol. The highest BCUT2D eigenvalue weighted by molar-refractivity contribution is 7.15. The molecule has 8 heteroatoms. The van der Waals surface area contributed by atoms with Crippen LogP contribution in [0.1, 0.15) is 23.4 Å². The first kappa shape index (κ1) is 16.7. The molecule has 2 heterocycles. The van der Waals surface area contributed by atoms with E-state index in [9.17, 15) is 4.79 Å². The Morgan fingerprint density at radius 2 is 2.38 bits per heavy atom. The second-order valence-electron chi connectivity index (χ2n) is 5.50. The Kier molecular flexibility index (Phi) is 5.60. The van der Waals surface area contributed by atoms with Gasteiger partial charge in [-0.05, 0) is 30.5 Å². The number of ether oxygens (including phenoxy) is 2. The van der Waals surface area contributed by atoms with Crippen LogP contribution in [0.25, 0.3) is 0 Å². The fourth-order valence-electron chi connectivity index (χ4n) is 2.49. The number of amides is 2. The number of aromatic nitrogens is 2. The van der Waals surface area contributed by atoms with Gasteiger partial charge < -0.3 is 14.8 Å². The summed E-state index contributed by atoms with van der Waals surface area (Å²) in [7, 11) is 1.64. The molecule has 0 unspecified atom stereocenters. The maximum atomic E-state index is 11.9. The van der Waals surface area contributed by atoms with Gasteiger partial charge in [0.15, 0.2) is 0 Å². The van der Waals surface area contributed by atoms with Crippen molar-refractivity contribution in [1.29, 1.82) is 0 Å². The summed E-state index contributed by atoms with van der Waals surface area (Å²) >= 11 is 1.36. The highest BCUT2D eigenvalue weighted by atomic mass is 32.1. The van der Waals surface area contributed by atoms with Crippen LogP contribution >= 0.6 is 11.3 Å². The number of nitrogens with one attached hydrogen (secondary N) is 2. The molecule has 0 radical (unpaired) electrons. The number of carbonyl (C=O) groups is 1. The van der Waals surface area contributed by atoms with Gasteiger partial charge in [0.05, 0.1) is 13.2 Å². The molecular formula is C16H20N4O3S. The van der Waals surface area contributed by atoms with Crippen molar-refractivity contribution in [2.75, 3.05) is 25.6 Å². The molecule has 2 aromatic rings. The number of methoxy groups -OCH3 is 1. The zero-order valence-electron chi connectivity index (χ0n) is 13.4. The van der Waals surface area contributed by atoms with Gasteiger partial charge in [-0.1, -0.05) is 23.5 Å². The molecule has 1 atom stereocenters. The van der Waals surface area contributed by atoms with Gasteiger partial charge in [-0.3, -0.25) is 5.32 Å². The summed E-state index contributed by atoms with van der Waals surface area (Å²) in [6, 6.07) is 7.52. The van der Waals surface area contributed by atoms with Crippen LogP contribution in [-0.4, -0.2) is 42.6 Å². The normalized spacial score (nSPS) is 16.8. The minimum atomic E-state index is -0.283. The van der Waals surface area contributed by atoms with Gasteiger partial charge in [-0.2, -0.15) is 0 Å². The van der Waals surface area contributed by atoms with Gasteiger partial charge in [0, 0.05) is 19.6 Å². The van der Waals surface area contributed by atoms with E-state index in [0.29, 0.717) is 18.1 Å². The Morgan fingerprint density at radius 3 is 3.17 bits per heavy atom. The number of rotatable bonds is 6. The predicted molar refractivity (Wildman–Crippen MR) is 91.7 cm³/mol. The molecule has 128 valence electrons. The van der Waals surface area contributed by atoms with Gasteiger partial charge in [-0.25, -0.2) is 4.79 Å². The summed E-state index contributed by atoms with van der Waals surface area (Å²) in [4.78, 5) is 11.9. The quantitative estimate of drug-likeness (QED) is 0.837. The first-order valence-electron chi connectivity index (χ1n) is 7.84. The lowest BCUT2D eigenvalue weighted by Crippen LogP contribution is -2.34. The Bertz CT molecular complexity index is 685. The van der Waals surface area contributed by atoms with Crippen molar-refractivity contribution in [1.82, 2.24) is 15.5 Å². The molecule has 1 saturated heterocycles. The first-order chi connectivity index (χ1) is 11.7. The van der Waals surface area contributed by atoms with E-state index in [1.807, 2.05) is 24.3 Å². The Balaban J connectivity index is 1.50. The number of nitrogens with zero attached hydrogens (tertiary/aromatic N) is 2. The third kappa shape index (κ3) is 4.65.